The normalized spacial score (nSPS) is 14.8. The molecule has 3 aromatic carbocycles. The van der Waals surface area contributed by atoms with Crippen LogP contribution in [0.4, 0.5) is 11.6 Å². The summed E-state index contributed by atoms with van der Waals surface area (Å²) in [4.78, 5) is 9.46. The zero-order valence-corrected chi connectivity index (χ0v) is 20.8. The molecule has 0 aliphatic heterocycles. The van der Waals surface area contributed by atoms with Gasteiger partial charge in [0.2, 0.25) is 5.95 Å². The summed E-state index contributed by atoms with van der Waals surface area (Å²) in [6.07, 6.45) is 2.69. The van der Waals surface area contributed by atoms with Gasteiger partial charge in [0.25, 0.3) is 10.1 Å². The van der Waals surface area contributed by atoms with Crippen molar-refractivity contribution in [2.24, 2.45) is 0 Å². The number of nitrogens with zero attached hydrogens (tertiary/aromatic N) is 2. The fourth-order valence-corrected chi connectivity index (χ4v) is 5.61. The van der Waals surface area contributed by atoms with E-state index in [1.165, 1.54) is 23.3 Å². The first kappa shape index (κ1) is 22.7. The fourth-order valence-electron chi connectivity index (χ4n) is 4.27. The Labute approximate surface area is 207 Å². The lowest BCUT2D eigenvalue weighted by atomic mass is 9.78. The van der Waals surface area contributed by atoms with E-state index in [4.69, 9.17) is 9.17 Å². The number of hydrogen-bond acceptors (Lipinski definition) is 6. The third-order valence-electron chi connectivity index (χ3n) is 5.80. The number of benzene rings is 3. The van der Waals surface area contributed by atoms with E-state index in [0.29, 0.717) is 11.6 Å². The summed E-state index contributed by atoms with van der Waals surface area (Å²) in [5.74, 6) is 0.679. The Morgan fingerprint density at radius 2 is 1.85 bits per heavy atom. The van der Waals surface area contributed by atoms with Crippen molar-refractivity contribution in [3.63, 3.8) is 0 Å². The van der Waals surface area contributed by atoms with E-state index in [1.807, 2.05) is 18.3 Å². The molecule has 1 atom stereocenters. The molecule has 1 unspecified atom stereocenters. The Morgan fingerprint density at radius 3 is 2.62 bits per heavy atom. The van der Waals surface area contributed by atoms with Crippen molar-refractivity contribution in [3.8, 4) is 11.3 Å². The minimum Gasteiger partial charge on any atom is -0.324 e. The van der Waals surface area contributed by atoms with Gasteiger partial charge in [-0.1, -0.05) is 52.3 Å². The summed E-state index contributed by atoms with van der Waals surface area (Å²) in [6.45, 7) is 1.73. The minimum atomic E-state index is -3.74. The third-order valence-corrected chi connectivity index (χ3v) is 7.69. The van der Waals surface area contributed by atoms with Crippen LogP contribution in [-0.2, 0) is 20.7 Å². The van der Waals surface area contributed by atoms with E-state index in [9.17, 15) is 8.42 Å². The number of hydrogen-bond donors (Lipinski definition) is 1. The SMILES string of the molecule is CCOS(=O)(=O)c1ccc(Nc2ncc3c(n2)-c2ccccc2C(c2cccc(Br)c2)C3)cc1. The predicted octanol–water partition coefficient (Wildman–Crippen LogP) is 6.06. The number of rotatable bonds is 6. The van der Waals surface area contributed by atoms with Gasteiger partial charge in [-0.2, -0.15) is 8.42 Å². The Hall–Kier alpha value is -3.07. The van der Waals surface area contributed by atoms with Crippen LogP contribution in [0.1, 0.15) is 29.5 Å². The second kappa shape index (κ2) is 9.29. The van der Waals surface area contributed by atoms with Crippen LogP contribution in [0, 0.1) is 0 Å². The van der Waals surface area contributed by atoms with Crippen molar-refractivity contribution in [2.75, 3.05) is 11.9 Å². The van der Waals surface area contributed by atoms with Gasteiger partial charge < -0.3 is 5.32 Å². The molecule has 5 rings (SSSR count). The van der Waals surface area contributed by atoms with Gasteiger partial charge >= 0.3 is 0 Å². The monoisotopic (exact) mass is 535 g/mol. The highest BCUT2D eigenvalue weighted by Crippen LogP contribution is 2.42. The van der Waals surface area contributed by atoms with Crippen LogP contribution in [0.15, 0.2) is 88.4 Å². The first-order chi connectivity index (χ1) is 16.4. The van der Waals surface area contributed by atoms with Gasteiger partial charge in [-0.15, -0.1) is 0 Å². The van der Waals surface area contributed by atoms with Gasteiger partial charge in [-0.25, -0.2) is 9.97 Å². The number of anilines is 2. The van der Waals surface area contributed by atoms with Gasteiger partial charge in [-0.05, 0) is 66.4 Å². The lowest BCUT2D eigenvalue weighted by Gasteiger charge is -2.27. The van der Waals surface area contributed by atoms with Crippen molar-refractivity contribution < 1.29 is 12.6 Å². The van der Waals surface area contributed by atoms with Crippen molar-refractivity contribution in [3.05, 3.63) is 100 Å². The molecular weight excluding hydrogens is 514 g/mol. The molecule has 1 aliphatic carbocycles. The summed E-state index contributed by atoms with van der Waals surface area (Å²) in [6, 6.07) is 23.1. The largest absolute Gasteiger partial charge is 0.324 e. The van der Waals surface area contributed by atoms with Crippen molar-refractivity contribution in [1.29, 1.82) is 0 Å². The zero-order valence-electron chi connectivity index (χ0n) is 18.4. The second-order valence-corrected chi connectivity index (χ2v) is 10.5. The van der Waals surface area contributed by atoms with Crippen LogP contribution in [0.25, 0.3) is 11.3 Å². The molecule has 1 heterocycles. The van der Waals surface area contributed by atoms with Crippen LogP contribution < -0.4 is 5.32 Å². The highest BCUT2D eigenvalue weighted by atomic mass is 79.9. The van der Waals surface area contributed by atoms with Crippen molar-refractivity contribution in [1.82, 2.24) is 9.97 Å². The van der Waals surface area contributed by atoms with Gasteiger partial charge in [0, 0.05) is 27.8 Å². The smallest absolute Gasteiger partial charge is 0.296 e. The molecule has 0 saturated carbocycles. The highest BCUT2D eigenvalue weighted by Gasteiger charge is 2.27. The average molecular weight is 536 g/mol. The maximum atomic E-state index is 12.1. The summed E-state index contributed by atoms with van der Waals surface area (Å²) in [5, 5.41) is 3.18. The number of fused-ring (bicyclic) bond motifs is 3. The summed E-state index contributed by atoms with van der Waals surface area (Å²) in [5.41, 5.74) is 6.27. The molecule has 1 aliphatic rings. The van der Waals surface area contributed by atoms with Crippen molar-refractivity contribution >= 4 is 37.7 Å². The molecule has 0 fully saturated rings. The Kier molecular flexibility index (Phi) is 6.20. The predicted molar refractivity (Wildman–Crippen MR) is 136 cm³/mol. The molecule has 1 aromatic heterocycles. The summed E-state index contributed by atoms with van der Waals surface area (Å²) in [7, 11) is -3.74. The van der Waals surface area contributed by atoms with Crippen LogP contribution in [0.2, 0.25) is 0 Å². The van der Waals surface area contributed by atoms with E-state index >= 15 is 0 Å². The van der Waals surface area contributed by atoms with Crippen molar-refractivity contribution in [2.45, 2.75) is 24.2 Å². The maximum absolute atomic E-state index is 12.1. The van der Waals surface area contributed by atoms with Gasteiger partial charge in [0.15, 0.2) is 0 Å². The zero-order chi connectivity index (χ0) is 23.7. The first-order valence-electron chi connectivity index (χ1n) is 10.9. The van der Waals surface area contributed by atoms with Crippen LogP contribution in [0.3, 0.4) is 0 Å². The quantitative estimate of drug-likeness (QED) is 0.302. The van der Waals surface area contributed by atoms with E-state index in [-0.39, 0.29) is 17.4 Å². The van der Waals surface area contributed by atoms with Crippen LogP contribution in [-0.4, -0.2) is 25.0 Å². The standard InChI is InChI=1S/C26H22BrN3O3S/c1-2-33-34(31,32)21-12-10-20(11-13-21)29-26-28-16-18-15-24(17-6-5-7-19(27)14-17)22-8-3-4-9-23(22)25(18)30-26/h3-14,16,24H,2,15H2,1H3,(H,28,29,30). The van der Waals surface area contributed by atoms with E-state index < -0.39 is 10.1 Å². The molecule has 0 radical (unpaired) electrons. The Bertz CT molecular complexity index is 1460. The molecule has 4 aromatic rings. The fraction of sp³-hybridized carbons (Fsp3) is 0.154. The number of halogens is 1. The van der Waals surface area contributed by atoms with Gasteiger partial charge in [-0.3, -0.25) is 4.18 Å². The number of aromatic nitrogens is 2. The van der Waals surface area contributed by atoms with Gasteiger partial charge in [0.05, 0.1) is 17.2 Å². The molecule has 0 bridgehead atoms. The number of nitrogens with one attached hydrogen (secondary N) is 1. The topological polar surface area (TPSA) is 81.2 Å². The molecule has 0 amide bonds. The highest BCUT2D eigenvalue weighted by molar-refractivity contribution is 9.10. The minimum absolute atomic E-state index is 0.0924. The lowest BCUT2D eigenvalue weighted by Crippen LogP contribution is -2.15. The Morgan fingerprint density at radius 1 is 1.06 bits per heavy atom. The molecule has 172 valence electrons. The third kappa shape index (κ3) is 4.49. The van der Waals surface area contributed by atoms with E-state index in [0.717, 1.165) is 27.7 Å². The van der Waals surface area contributed by atoms with E-state index in [1.54, 1.807) is 19.1 Å². The first-order valence-corrected chi connectivity index (χ1v) is 13.1. The average Bonchev–Trinajstić information content (AvgIpc) is 2.84. The molecular formula is C26H22BrN3O3S. The molecule has 0 saturated heterocycles. The maximum Gasteiger partial charge on any atom is 0.296 e. The van der Waals surface area contributed by atoms with Crippen LogP contribution in [0.5, 0.6) is 0 Å². The van der Waals surface area contributed by atoms with Crippen LogP contribution >= 0.6 is 15.9 Å². The van der Waals surface area contributed by atoms with E-state index in [2.05, 4.69) is 62.6 Å². The molecule has 34 heavy (non-hydrogen) atoms. The van der Waals surface area contributed by atoms with Gasteiger partial charge in [0.1, 0.15) is 0 Å². The molecule has 0 spiro atoms. The summed E-state index contributed by atoms with van der Waals surface area (Å²) < 4.78 is 30.0. The second-order valence-electron chi connectivity index (χ2n) is 7.98. The molecule has 8 heteroatoms. The molecule has 6 nitrogen and oxygen atoms in total. The Balaban J connectivity index is 1.45. The lowest BCUT2D eigenvalue weighted by molar-refractivity contribution is 0.338. The summed E-state index contributed by atoms with van der Waals surface area (Å²) >= 11 is 3.59. The molecule has 1 N–H and O–H groups in total.